The number of fused-ring (bicyclic) bond motifs is 1. The van der Waals surface area contributed by atoms with Crippen LogP contribution in [0.3, 0.4) is 0 Å². The molecule has 0 fully saturated rings. The third-order valence-corrected chi connectivity index (χ3v) is 5.04. The van der Waals surface area contributed by atoms with Crippen LogP contribution in [0.5, 0.6) is 0 Å². The minimum Gasteiger partial charge on any atom is -0.356 e. The quantitative estimate of drug-likeness (QED) is 0.733. The van der Waals surface area contributed by atoms with Gasteiger partial charge in [-0.05, 0) is 45.0 Å². The second kappa shape index (κ2) is 7.46. The van der Waals surface area contributed by atoms with E-state index in [0.29, 0.717) is 5.95 Å². The lowest BCUT2D eigenvalue weighted by atomic mass is 10.0. The topological polar surface area (TPSA) is 87.1 Å². The molecule has 3 aromatic rings. The van der Waals surface area contributed by atoms with Crippen molar-refractivity contribution in [3.05, 3.63) is 49.2 Å². The maximum Gasteiger partial charge on any atom is 0.249 e. The molecule has 1 atom stereocenters. The predicted octanol–water partition coefficient (Wildman–Crippen LogP) is 3.26. The highest BCUT2D eigenvalue weighted by Gasteiger charge is 2.34. The summed E-state index contributed by atoms with van der Waals surface area (Å²) in [5, 5.41) is 3.27. The molecule has 0 saturated carbocycles. The van der Waals surface area contributed by atoms with Gasteiger partial charge in [0.05, 0.1) is 17.1 Å². The molecule has 1 N–H and O–H groups in total. The number of carbonyl (C=O) groups excluding carboxylic acids is 1. The smallest absolute Gasteiger partial charge is 0.249 e. The van der Waals surface area contributed by atoms with Gasteiger partial charge in [-0.3, -0.25) is 4.79 Å². The second-order valence-corrected chi connectivity index (χ2v) is 7.30. The van der Waals surface area contributed by atoms with Crippen LogP contribution >= 0.6 is 0 Å². The fraction of sp³-hybridized carbons (Fsp3) is 0.286. The first-order chi connectivity index (χ1) is 14.0. The lowest BCUT2D eigenvalue weighted by Gasteiger charge is -2.42. The van der Waals surface area contributed by atoms with Crippen LogP contribution in [0, 0.1) is 0 Å². The van der Waals surface area contributed by atoms with Crippen molar-refractivity contribution in [3.8, 4) is 11.3 Å². The van der Waals surface area contributed by atoms with Crippen LogP contribution in [-0.4, -0.2) is 45.0 Å². The lowest BCUT2D eigenvalue weighted by molar-refractivity contribution is -0.119. The summed E-state index contributed by atoms with van der Waals surface area (Å²) in [6, 6.07) is 7.70. The zero-order chi connectivity index (χ0) is 20.5. The summed E-state index contributed by atoms with van der Waals surface area (Å²) in [5.41, 5.74) is 4.31. The van der Waals surface area contributed by atoms with Crippen molar-refractivity contribution in [2.24, 2.45) is 0 Å². The summed E-state index contributed by atoms with van der Waals surface area (Å²) >= 11 is 0. The Morgan fingerprint density at radius 1 is 1.10 bits per heavy atom. The molecular weight excluding hydrogens is 366 g/mol. The van der Waals surface area contributed by atoms with Gasteiger partial charge in [-0.1, -0.05) is 0 Å². The Morgan fingerprint density at radius 2 is 1.86 bits per heavy atom. The van der Waals surface area contributed by atoms with Crippen LogP contribution in [0.1, 0.15) is 20.8 Å². The molecule has 8 nitrogen and oxygen atoms in total. The summed E-state index contributed by atoms with van der Waals surface area (Å²) in [4.78, 5) is 33.4. The molecule has 8 heteroatoms. The van der Waals surface area contributed by atoms with E-state index in [9.17, 15) is 4.79 Å². The van der Waals surface area contributed by atoms with Crippen molar-refractivity contribution >= 4 is 28.9 Å². The van der Waals surface area contributed by atoms with Gasteiger partial charge < -0.3 is 15.1 Å². The zero-order valence-electron chi connectivity index (χ0n) is 16.9. The number of hydrogen-bond acceptors (Lipinski definition) is 7. The third-order valence-electron chi connectivity index (χ3n) is 5.04. The van der Waals surface area contributed by atoms with Crippen LogP contribution in [0.2, 0.25) is 0 Å². The minimum absolute atomic E-state index is 0.0908. The van der Waals surface area contributed by atoms with Gasteiger partial charge in [-0.15, -0.1) is 0 Å². The van der Waals surface area contributed by atoms with Crippen molar-refractivity contribution in [1.82, 2.24) is 19.9 Å². The number of anilines is 4. The molecule has 0 saturated heterocycles. The molecule has 1 aliphatic rings. The number of carbonyl (C=O) groups is 1. The van der Waals surface area contributed by atoms with Gasteiger partial charge >= 0.3 is 0 Å². The van der Waals surface area contributed by atoms with Crippen molar-refractivity contribution in [3.63, 3.8) is 0 Å². The third kappa shape index (κ3) is 3.49. The summed E-state index contributed by atoms with van der Waals surface area (Å²) < 4.78 is 0. The Balaban J connectivity index is 1.67. The standard InChI is InChI=1S/C21H23N7O/c1-13(2)28-14(3)20(29)27(4)18-6-5-16(9-19(18)28)25-21-24-8-7-17(26-21)15-10-22-12-23-11-15/h5-14H,1-4H3,(H,24,25,26)/t14-/m1/s1. The van der Waals surface area contributed by atoms with Crippen molar-refractivity contribution in [2.45, 2.75) is 32.9 Å². The van der Waals surface area contributed by atoms with E-state index >= 15 is 0 Å². The van der Waals surface area contributed by atoms with Gasteiger partial charge in [-0.25, -0.2) is 19.9 Å². The van der Waals surface area contributed by atoms with Gasteiger partial charge in [0.15, 0.2) is 0 Å². The molecule has 29 heavy (non-hydrogen) atoms. The Morgan fingerprint density at radius 3 is 2.59 bits per heavy atom. The monoisotopic (exact) mass is 389 g/mol. The van der Waals surface area contributed by atoms with E-state index in [2.05, 4.69) is 44.0 Å². The maximum atomic E-state index is 12.6. The summed E-state index contributed by atoms with van der Waals surface area (Å²) in [7, 11) is 1.82. The molecule has 2 aromatic heterocycles. The summed E-state index contributed by atoms with van der Waals surface area (Å²) in [6.45, 7) is 6.12. The number of hydrogen-bond donors (Lipinski definition) is 1. The fourth-order valence-corrected chi connectivity index (χ4v) is 3.68. The van der Waals surface area contributed by atoms with Gasteiger partial charge in [-0.2, -0.15) is 0 Å². The van der Waals surface area contributed by atoms with E-state index < -0.39 is 0 Å². The largest absolute Gasteiger partial charge is 0.356 e. The molecule has 3 heterocycles. The molecule has 0 bridgehead atoms. The molecule has 0 unspecified atom stereocenters. The van der Waals surface area contributed by atoms with E-state index in [1.165, 1.54) is 6.33 Å². The Hall–Kier alpha value is -3.55. The summed E-state index contributed by atoms with van der Waals surface area (Å²) in [5.74, 6) is 0.573. The average Bonchev–Trinajstić information content (AvgIpc) is 2.73. The number of benzene rings is 1. The average molecular weight is 389 g/mol. The number of nitrogens with zero attached hydrogens (tertiary/aromatic N) is 6. The van der Waals surface area contributed by atoms with Crippen LogP contribution in [-0.2, 0) is 4.79 Å². The van der Waals surface area contributed by atoms with Crippen LogP contribution in [0.4, 0.5) is 23.0 Å². The Kier molecular flexibility index (Phi) is 4.84. The molecule has 4 rings (SSSR count). The molecule has 1 aliphatic heterocycles. The van der Waals surface area contributed by atoms with E-state index in [1.54, 1.807) is 23.5 Å². The predicted molar refractivity (Wildman–Crippen MR) is 113 cm³/mol. The van der Waals surface area contributed by atoms with E-state index in [4.69, 9.17) is 0 Å². The first kappa shape index (κ1) is 18.8. The van der Waals surface area contributed by atoms with Crippen LogP contribution in [0.25, 0.3) is 11.3 Å². The highest BCUT2D eigenvalue weighted by Crippen LogP contribution is 2.39. The minimum atomic E-state index is -0.222. The van der Waals surface area contributed by atoms with Gasteiger partial charge in [0.1, 0.15) is 12.4 Å². The molecule has 1 amide bonds. The van der Waals surface area contributed by atoms with Crippen LogP contribution < -0.4 is 15.1 Å². The molecule has 0 radical (unpaired) electrons. The van der Waals surface area contributed by atoms with Gasteiger partial charge in [0.25, 0.3) is 0 Å². The molecule has 0 aliphatic carbocycles. The highest BCUT2D eigenvalue weighted by molar-refractivity contribution is 6.05. The molecule has 1 aromatic carbocycles. The second-order valence-electron chi connectivity index (χ2n) is 7.30. The highest BCUT2D eigenvalue weighted by atomic mass is 16.2. The van der Waals surface area contributed by atoms with Gasteiger partial charge in [0.2, 0.25) is 11.9 Å². The van der Waals surface area contributed by atoms with E-state index in [1.807, 2.05) is 38.2 Å². The number of likely N-dealkylation sites (N-methyl/N-ethyl adjacent to an activating group) is 1. The fourth-order valence-electron chi connectivity index (χ4n) is 3.68. The molecular formula is C21H23N7O. The normalized spacial score (nSPS) is 16.2. The molecule has 0 spiro atoms. The number of aromatic nitrogens is 4. The number of rotatable bonds is 4. The van der Waals surface area contributed by atoms with Crippen molar-refractivity contribution in [1.29, 1.82) is 0 Å². The van der Waals surface area contributed by atoms with Crippen molar-refractivity contribution < 1.29 is 4.79 Å². The molecule has 148 valence electrons. The van der Waals surface area contributed by atoms with Gasteiger partial charge in [0, 0.05) is 42.9 Å². The zero-order valence-corrected chi connectivity index (χ0v) is 16.9. The van der Waals surface area contributed by atoms with Crippen molar-refractivity contribution in [2.75, 3.05) is 22.2 Å². The maximum absolute atomic E-state index is 12.6. The number of amides is 1. The Labute approximate surface area is 169 Å². The number of nitrogens with one attached hydrogen (secondary N) is 1. The first-order valence-electron chi connectivity index (χ1n) is 9.51. The van der Waals surface area contributed by atoms with E-state index in [-0.39, 0.29) is 18.0 Å². The van der Waals surface area contributed by atoms with Crippen LogP contribution in [0.15, 0.2) is 49.2 Å². The Bertz CT molecular complexity index is 1040. The SMILES string of the molecule is CC(C)N1c2cc(Nc3nccc(-c4cncnc4)n3)ccc2N(C)C(=O)[C@H]1C. The van der Waals surface area contributed by atoms with E-state index in [0.717, 1.165) is 28.3 Å². The lowest BCUT2D eigenvalue weighted by Crippen LogP contribution is -2.53. The summed E-state index contributed by atoms with van der Waals surface area (Å²) in [6.07, 6.45) is 6.62. The first-order valence-corrected chi connectivity index (χ1v) is 9.51.